The molecule has 0 atom stereocenters. The van der Waals surface area contributed by atoms with Crippen molar-refractivity contribution < 1.29 is 19.2 Å². The van der Waals surface area contributed by atoms with Gasteiger partial charge in [-0.3, -0.25) is 14.9 Å². The van der Waals surface area contributed by atoms with E-state index in [9.17, 15) is 14.9 Å². The van der Waals surface area contributed by atoms with Gasteiger partial charge in [0.25, 0.3) is 11.6 Å². The van der Waals surface area contributed by atoms with Crippen molar-refractivity contribution in [2.75, 3.05) is 0 Å². The molecule has 4 aromatic rings. The highest BCUT2D eigenvalue weighted by atomic mass is 16.6. The van der Waals surface area contributed by atoms with Gasteiger partial charge in [0.05, 0.1) is 16.7 Å². The van der Waals surface area contributed by atoms with E-state index in [4.69, 9.17) is 9.47 Å². The predicted molar refractivity (Wildman–Crippen MR) is 136 cm³/mol. The van der Waals surface area contributed by atoms with Gasteiger partial charge in [-0.05, 0) is 48.0 Å². The van der Waals surface area contributed by atoms with E-state index in [2.05, 4.69) is 10.5 Å². The minimum atomic E-state index is -0.441. The number of benzene rings is 4. The third-order valence-corrected chi connectivity index (χ3v) is 5.23. The summed E-state index contributed by atoms with van der Waals surface area (Å²) in [7, 11) is 0. The summed E-state index contributed by atoms with van der Waals surface area (Å²) >= 11 is 0. The van der Waals surface area contributed by atoms with Crippen LogP contribution in [0.3, 0.4) is 0 Å². The fourth-order valence-corrected chi connectivity index (χ4v) is 3.35. The lowest BCUT2D eigenvalue weighted by Crippen LogP contribution is -2.17. The van der Waals surface area contributed by atoms with Gasteiger partial charge in [0, 0.05) is 17.2 Å². The van der Waals surface area contributed by atoms with E-state index in [1.807, 2.05) is 30.3 Å². The Morgan fingerprint density at radius 3 is 2.31 bits per heavy atom. The number of para-hydroxylation sites is 2. The molecule has 4 rings (SSSR count). The van der Waals surface area contributed by atoms with Gasteiger partial charge in [0.1, 0.15) is 24.7 Å². The molecule has 0 aromatic heterocycles. The predicted octanol–water partition coefficient (Wildman–Crippen LogP) is 5.52. The summed E-state index contributed by atoms with van der Waals surface area (Å²) in [5, 5.41) is 15.2. The molecule has 0 spiro atoms. The first kappa shape index (κ1) is 24.2. The van der Waals surface area contributed by atoms with E-state index in [-0.39, 0.29) is 18.2 Å². The number of nitrogens with one attached hydrogen (secondary N) is 1. The molecular weight excluding hydrogens is 458 g/mol. The van der Waals surface area contributed by atoms with E-state index in [0.717, 1.165) is 5.56 Å². The summed E-state index contributed by atoms with van der Waals surface area (Å²) in [5.74, 6) is 0.761. The van der Waals surface area contributed by atoms with Gasteiger partial charge in [0.2, 0.25) is 0 Å². The van der Waals surface area contributed by atoms with Crippen LogP contribution >= 0.6 is 0 Å². The summed E-state index contributed by atoms with van der Waals surface area (Å²) in [6.07, 6.45) is 1.46. The van der Waals surface area contributed by atoms with Crippen molar-refractivity contribution in [1.29, 1.82) is 0 Å². The Bertz CT molecular complexity index is 1360. The van der Waals surface area contributed by atoms with Crippen molar-refractivity contribution in [3.05, 3.63) is 135 Å². The highest BCUT2D eigenvalue weighted by Crippen LogP contribution is 2.22. The topological polar surface area (TPSA) is 103 Å². The van der Waals surface area contributed by atoms with Gasteiger partial charge >= 0.3 is 0 Å². The fourth-order valence-electron chi connectivity index (χ4n) is 3.35. The van der Waals surface area contributed by atoms with Crippen molar-refractivity contribution in [3.63, 3.8) is 0 Å². The van der Waals surface area contributed by atoms with E-state index in [1.165, 1.54) is 12.3 Å². The average molecular weight is 482 g/mol. The SMILES string of the molecule is O=C(NN=Cc1ccccc1OCc1ccccc1[N+](=O)[O-])c1ccc(OCc2ccccc2)cc1. The molecule has 8 heteroatoms. The Labute approximate surface area is 208 Å². The second kappa shape index (κ2) is 11.9. The Hall–Kier alpha value is -4.98. The Kier molecular flexibility index (Phi) is 8.01. The number of nitrogens with zero attached hydrogens (tertiary/aromatic N) is 2. The number of nitro benzene ring substituents is 1. The van der Waals surface area contributed by atoms with E-state index in [0.29, 0.717) is 34.8 Å². The van der Waals surface area contributed by atoms with Gasteiger partial charge in [-0.25, -0.2) is 5.43 Å². The first-order chi connectivity index (χ1) is 17.6. The van der Waals surface area contributed by atoms with Crippen LogP contribution in [0.1, 0.15) is 27.0 Å². The monoisotopic (exact) mass is 481 g/mol. The Balaban J connectivity index is 1.33. The summed E-state index contributed by atoms with van der Waals surface area (Å²) in [4.78, 5) is 23.2. The molecule has 0 aliphatic heterocycles. The van der Waals surface area contributed by atoms with E-state index >= 15 is 0 Å². The second-order valence-corrected chi connectivity index (χ2v) is 7.71. The highest BCUT2D eigenvalue weighted by Gasteiger charge is 2.13. The average Bonchev–Trinajstić information content (AvgIpc) is 2.92. The van der Waals surface area contributed by atoms with Crippen LogP contribution in [0, 0.1) is 10.1 Å². The smallest absolute Gasteiger partial charge is 0.276 e. The summed E-state index contributed by atoms with van der Waals surface area (Å²) < 4.78 is 11.5. The maximum absolute atomic E-state index is 12.5. The van der Waals surface area contributed by atoms with Crippen LogP contribution in [0.15, 0.2) is 108 Å². The molecule has 0 aliphatic rings. The zero-order chi connectivity index (χ0) is 25.2. The molecule has 4 aromatic carbocycles. The lowest BCUT2D eigenvalue weighted by molar-refractivity contribution is -0.385. The highest BCUT2D eigenvalue weighted by molar-refractivity contribution is 5.95. The fraction of sp³-hybridized carbons (Fsp3) is 0.0714. The summed E-state index contributed by atoms with van der Waals surface area (Å²) in [5.41, 5.74) is 5.04. The van der Waals surface area contributed by atoms with Crippen LogP contribution in [0.5, 0.6) is 11.5 Å². The Morgan fingerprint density at radius 2 is 1.53 bits per heavy atom. The molecule has 0 saturated heterocycles. The van der Waals surface area contributed by atoms with Crippen LogP contribution in [0.25, 0.3) is 0 Å². The lowest BCUT2D eigenvalue weighted by Gasteiger charge is -2.09. The first-order valence-corrected chi connectivity index (χ1v) is 11.1. The standard InChI is InChI=1S/C28H23N3O5/c32-28(22-14-16-25(17-15-22)35-19-21-8-2-1-3-9-21)30-29-18-23-10-5-7-13-27(23)36-20-24-11-4-6-12-26(24)31(33)34/h1-18H,19-20H2,(H,30,32). The number of hydrogen-bond acceptors (Lipinski definition) is 6. The number of ether oxygens (including phenoxy) is 2. The van der Waals surface area contributed by atoms with E-state index < -0.39 is 4.92 Å². The summed E-state index contributed by atoms with van der Waals surface area (Å²) in [6, 6.07) is 30.1. The van der Waals surface area contributed by atoms with Crippen LogP contribution in [-0.2, 0) is 13.2 Å². The molecule has 0 bridgehead atoms. The third kappa shape index (κ3) is 6.54. The molecule has 0 radical (unpaired) electrons. The van der Waals surface area contributed by atoms with Gasteiger partial charge in [-0.2, -0.15) is 5.10 Å². The molecule has 1 amide bonds. The molecule has 0 aliphatic carbocycles. The van der Waals surface area contributed by atoms with Crippen LogP contribution in [-0.4, -0.2) is 17.0 Å². The normalized spacial score (nSPS) is 10.7. The summed E-state index contributed by atoms with van der Waals surface area (Å²) in [6.45, 7) is 0.461. The van der Waals surface area contributed by atoms with Crippen molar-refractivity contribution in [2.45, 2.75) is 13.2 Å². The number of hydrazone groups is 1. The largest absolute Gasteiger partial charge is 0.489 e. The molecule has 0 fully saturated rings. The van der Waals surface area contributed by atoms with Crippen LogP contribution in [0.4, 0.5) is 5.69 Å². The number of rotatable bonds is 10. The number of carbonyl (C=O) groups excluding carboxylic acids is 1. The van der Waals surface area contributed by atoms with Gasteiger partial charge in [-0.1, -0.05) is 54.6 Å². The van der Waals surface area contributed by atoms with Crippen LogP contribution < -0.4 is 14.9 Å². The molecule has 180 valence electrons. The molecule has 8 nitrogen and oxygen atoms in total. The zero-order valence-corrected chi connectivity index (χ0v) is 19.2. The molecular formula is C28H23N3O5. The maximum Gasteiger partial charge on any atom is 0.276 e. The zero-order valence-electron chi connectivity index (χ0n) is 19.2. The van der Waals surface area contributed by atoms with Gasteiger partial charge in [-0.15, -0.1) is 0 Å². The molecule has 0 heterocycles. The lowest BCUT2D eigenvalue weighted by atomic mass is 10.2. The van der Waals surface area contributed by atoms with E-state index in [1.54, 1.807) is 66.7 Å². The quantitative estimate of drug-likeness (QED) is 0.183. The number of amides is 1. The van der Waals surface area contributed by atoms with Crippen molar-refractivity contribution in [3.8, 4) is 11.5 Å². The molecule has 36 heavy (non-hydrogen) atoms. The second-order valence-electron chi connectivity index (χ2n) is 7.71. The molecule has 0 saturated carbocycles. The van der Waals surface area contributed by atoms with Crippen LogP contribution in [0.2, 0.25) is 0 Å². The first-order valence-electron chi connectivity index (χ1n) is 11.1. The molecule has 0 unspecified atom stereocenters. The maximum atomic E-state index is 12.5. The number of carbonyl (C=O) groups is 1. The van der Waals surface area contributed by atoms with Gasteiger partial charge in [0.15, 0.2) is 0 Å². The minimum absolute atomic E-state index is 0.00704. The minimum Gasteiger partial charge on any atom is -0.489 e. The number of nitro groups is 1. The third-order valence-electron chi connectivity index (χ3n) is 5.23. The van der Waals surface area contributed by atoms with Crippen molar-refractivity contribution in [1.82, 2.24) is 5.43 Å². The molecule has 1 N–H and O–H groups in total. The van der Waals surface area contributed by atoms with Crippen molar-refractivity contribution >= 4 is 17.8 Å². The Morgan fingerprint density at radius 1 is 0.833 bits per heavy atom. The number of hydrogen-bond donors (Lipinski definition) is 1. The van der Waals surface area contributed by atoms with Crippen molar-refractivity contribution in [2.24, 2.45) is 5.10 Å². The van der Waals surface area contributed by atoms with Gasteiger partial charge < -0.3 is 9.47 Å².